The van der Waals surface area contributed by atoms with Gasteiger partial charge in [0.05, 0.1) is 0 Å². The van der Waals surface area contributed by atoms with E-state index in [-0.39, 0.29) is 17.5 Å². The molecule has 0 saturated carbocycles. The van der Waals surface area contributed by atoms with Crippen molar-refractivity contribution in [3.63, 3.8) is 0 Å². The Morgan fingerprint density at radius 2 is 2.00 bits per heavy atom. The summed E-state index contributed by atoms with van der Waals surface area (Å²) in [5, 5.41) is 23.1. The third-order valence-electron chi connectivity index (χ3n) is 3.79. The Balaban J connectivity index is 2.22. The Labute approximate surface area is 115 Å². The summed E-state index contributed by atoms with van der Waals surface area (Å²) in [5.74, 6) is 0.516. The van der Waals surface area contributed by atoms with Gasteiger partial charge in [-0.15, -0.1) is 0 Å². The molecule has 19 heavy (non-hydrogen) atoms. The fraction of sp³-hybridized carbons (Fsp3) is 0.600. The second-order valence-electron chi connectivity index (χ2n) is 5.19. The molecule has 3 N–H and O–H groups in total. The summed E-state index contributed by atoms with van der Waals surface area (Å²) in [7, 11) is 0. The Morgan fingerprint density at radius 1 is 1.26 bits per heavy atom. The number of unbranched alkanes of at least 4 members (excludes halogenated alkanes) is 1. The van der Waals surface area contributed by atoms with E-state index in [1.54, 1.807) is 12.1 Å². The van der Waals surface area contributed by atoms with Crippen molar-refractivity contribution in [2.45, 2.75) is 32.2 Å². The minimum atomic E-state index is 0.203. The summed E-state index contributed by atoms with van der Waals surface area (Å²) in [6.45, 7) is 6.13. The zero-order chi connectivity index (χ0) is 13.7. The molecule has 1 fully saturated rings. The summed E-state index contributed by atoms with van der Waals surface area (Å²) in [5.41, 5.74) is 0.857. The van der Waals surface area contributed by atoms with E-state index < -0.39 is 0 Å². The van der Waals surface area contributed by atoms with Gasteiger partial charge in [-0.05, 0) is 24.6 Å². The highest BCUT2D eigenvalue weighted by Crippen LogP contribution is 2.34. The number of piperazine rings is 1. The van der Waals surface area contributed by atoms with Crippen molar-refractivity contribution in [1.82, 2.24) is 10.2 Å². The van der Waals surface area contributed by atoms with Gasteiger partial charge in [-0.1, -0.05) is 19.8 Å². The van der Waals surface area contributed by atoms with Crippen LogP contribution in [-0.2, 0) is 0 Å². The van der Waals surface area contributed by atoms with Gasteiger partial charge in [0, 0.05) is 37.8 Å². The second kappa shape index (κ2) is 6.78. The van der Waals surface area contributed by atoms with Crippen molar-refractivity contribution in [1.29, 1.82) is 0 Å². The first kappa shape index (κ1) is 14.2. The SMILES string of the molecule is CCCC[C@H](c1cc(O)ccc1O)N1CCNCC1. The van der Waals surface area contributed by atoms with E-state index in [0.717, 1.165) is 51.0 Å². The number of aromatic hydroxyl groups is 2. The molecule has 1 saturated heterocycles. The molecule has 1 aromatic rings. The average molecular weight is 264 g/mol. The molecular formula is C15H24N2O2. The Morgan fingerprint density at radius 3 is 2.68 bits per heavy atom. The van der Waals surface area contributed by atoms with Crippen molar-refractivity contribution in [2.75, 3.05) is 26.2 Å². The number of phenols is 2. The molecular weight excluding hydrogens is 240 g/mol. The van der Waals surface area contributed by atoms with E-state index in [0.29, 0.717) is 0 Å². The molecule has 0 unspecified atom stereocenters. The van der Waals surface area contributed by atoms with E-state index in [1.807, 2.05) is 0 Å². The van der Waals surface area contributed by atoms with Gasteiger partial charge in [0.1, 0.15) is 11.5 Å². The van der Waals surface area contributed by atoms with Crippen LogP contribution in [-0.4, -0.2) is 41.3 Å². The van der Waals surface area contributed by atoms with Crippen LogP contribution in [0.15, 0.2) is 18.2 Å². The lowest BCUT2D eigenvalue weighted by atomic mass is 9.97. The van der Waals surface area contributed by atoms with Crippen LogP contribution < -0.4 is 5.32 Å². The predicted octanol–water partition coefficient (Wildman–Crippen LogP) is 2.23. The summed E-state index contributed by atoms with van der Waals surface area (Å²) in [4.78, 5) is 2.40. The minimum Gasteiger partial charge on any atom is -0.508 e. The van der Waals surface area contributed by atoms with E-state index in [2.05, 4.69) is 17.1 Å². The van der Waals surface area contributed by atoms with Crippen LogP contribution in [0.5, 0.6) is 11.5 Å². The maximum absolute atomic E-state index is 10.1. The van der Waals surface area contributed by atoms with Gasteiger partial charge < -0.3 is 15.5 Å². The lowest BCUT2D eigenvalue weighted by molar-refractivity contribution is 0.160. The summed E-state index contributed by atoms with van der Waals surface area (Å²) < 4.78 is 0. The zero-order valence-electron chi connectivity index (χ0n) is 11.6. The quantitative estimate of drug-likeness (QED) is 0.714. The van der Waals surface area contributed by atoms with Gasteiger partial charge in [-0.25, -0.2) is 0 Å². The van der Waals surface area contributed by atoms with Gasteiger partial charge >= 0.3 is 0 Å². The maximum Gasteiger partial charge on any atom is 0.120 e. The Kier molecular flexibility index (Phi) is 5.05. The van der Waals surface area contributed by atoms with Crippen LogP contribution >= 0.6 is 0 Å². The number of nitrogens with one attached hydrogen (secondary N) is 1. The molecule has 4 nitrogen and oxygen atoms in total. The largest absolute Gasteiger partial charge is 0.508 e. The van der Waals surface area contributed by atoms with E-state index in [4.69, 9.17) is 0 Å². The van der Waals surface area contributed by atoms with Gasteiger partial charge in [0.2, 0.25) is 0 Å². The lowest BCUT2D eigenvalue weighted by Crippen LogP contribution is -2.45. The molecule has 1 aromatic carbocycles. The van der Waals surface area contributed by atoms with Gasteiger partial charge in [0.15, 0.2) is 0 Å². The molecule has 4 heteroatoms. The standard InChI is InChI=1S/C15H24N2O2/c1-2-3-4-14(17-9-7-16-8-10-17)13-11-12(18)5-6-15(13)19/h5-6,11,14,16,18-19H,2-4,7-10H2,1H3/t14-/m1/s1. The molecule has 0 amide bonds. The molecule has 0 bridgehead atoms. The van der Waals surface area contributed by atoms with Crippen molar-refractivity contribution in [3.05, 3.63) is 23.8 Å². The second-order valence-corrected chi connectivity index (χ2v) is 5.19. The van der Waals surface area contributed by atoms with Gasteiger partial charge in [0.25, 0.3) is 0 Å². The van der Waals surface area contributed by atoms with E-state index >= 15 is 0 Å². The highest BCUT2D eigenvalue weighted by molar-refractivity contribution is 5.40. The lowest BCUT2D eigenvalue weighted by Gasteiger charge is -2.35. The molecule has 0 aliphatic carbocycles. The van der Waals surface area contributed by atoms with E-state index in [9.17, 15) is 10.2 Å². The summed E-state index contributed by atoms with van der Waals surface area (Å²) in [6.07, 6.45) is 3.29. The number of nitrogens with zero attached hydrogens (tertiary/aromatic N) is 1. The van der Waals surface area contributed by atoms with Crippen LogP contribution in [0, 0.1) is 0 Å². The summed E-state index contributed by atoms with van der Waals surface area (Å²) >= 11 is 0. The van der Waals surface area contributed by atoms with Crippen LogP contribution in [0.1, 0.15) is 37.8 Å². The molecule has 0 spiro atoms. The predicted molar refractivity (Wildman–Crippen MR) is 76.5 cm³/mol. The Bertz CT molecular complexity index is 403. The number of benzene rings is 1. The Hall–Kier alpha value is -1.26. The van der Waals surface area contributed by atoms with Crippen molar-refractivity contribution < 1.29 is 10.2 Å². The molecule has 106 valence electrons. The van der Waals surface area contributed by atoms with Crippen LogP contribution in [0.3, 0.4) is 0 Å². The van der Waals surface area contributed by atoms with Crippen LogP contribution in [0.2, 0.25) is 0 Å². The minimum absolute atomic E-state index is 0.203. The van der Waals surface area contributed by atoms with Gasteiger partial charge in [-0.3, -0.25) is 4.90 Å². The number of hydrogen-bond acceptors (Lipinski definition) is 4. The molecule has 1 heterocycles. The molecule has 0 radical (unpaired) electrons. The highest BCUT2D eigenvalue weighted by Gasteiger charge is 2.24. The van der Waals surface area contributed by atoms with Crippen LogP contribution in [0.25, 0.3) is 0 Å². The third-order valence-corrected chi connectivity index (χ3v) is 3.79. The topological polar surface area (TPSA) is 55.7 Å². The molecule has 1 aliphatic heterocycles. The number of rotatable bonds is 5. The summed E-state index contributed by atoms with van der Waals surface area (Å²) in [6, 6.07) is 5.03. The average Bonchev–Trinajstić information content (AvgIpc) is 2.44. The van der Waals surface area contributed by atoms with Gasteiger partial charge in [-0.2, -0.15) is 0 Å². The smallest absolute Gasteiger partial charge is 0.120 e. The van der Waals surface area contributed by atoms with Crippen LogP contribution in [0.4, 0.5) is 0 Å². The van der Waals surface area contributed by atoms with Crippen molar-refractivity contribution in [3.8, 4) is 11.5 Å². The fourth-order valence-electron chi connectivity index (χ4n) is 2.73. The van der Waals surface area contributed by atoms with Crippen molar-refractivity contribution in [2.24, 2.45) is 0 Å². The first-order valence-electron chi connectivity index (χ1n) is 7.19. The monoisotopic (exact) mass is 264 g/mol. The molecule has 1 aliphatic rings. The number of phenolic OH excluding ortho intramolecular Hbond substituents is 2. The molecule has 0 aromatic heterocycles. The van der Waals surface area contributed by atoms with E-state index in [1.165, 1.54) is 6.07 Å². The maximum atomic E-state index is 10.1. The zero-order valence-corrected chi connectivity index (χ0v) is 11.6. The fourth-order valence-corrected chi connectivity index (χ4v) is 2.73. The highest BCUT2D eigenvalue weighted by atomic mass is 16.3. The first-order valence-corrected chi connectivity index (χ1v) is 7.19. The third kappa shape index (κ3) is 3.61. The first-order chi connectivity index (χ1) is 9.22. The molecule has 2 rings (SSSR count). The molecule has 1 atom stereocenters. The number of hydrogen-bond donors (Lipinski definition) is 3. The van der Waals surface area contributed by atoms with Crippen molar-refractivity contribution >= 4 is 0 Å². The normalized spacial score (nSPS) is 18.4.